The summed E-state index contributed by atoms with van der Waals surface area (Å²) in [6.45, 7) is 2.30. The topological polar surface area (TPSA) is 21.6 Å². The lowest BCUT2D eigenvalue weighted by Gasteiger charge is -1.95. The second kappa shape index (κ2) is 4.82. The normalized spacial score (nSPS) is 10.7. The molecule has 0 fully saturated rings. The van der Waals surface area contributed by atoms with Crippen LogP contribution in [0.2, 0.25) is 5.02 Å². The molecule has 0 atom stereocenters. The van der Waals surface area contributed by atoms with Crippen LogP contribution in [0.25, 0.3) is 0 Å². The van der Waals surface area contributed by atoms with Gasteiger partial charge in [-0.2, -0.15) is 0 Å². The highest BCUT2D eigenvalue weighted by Crippen LogP contribution is 2.12. The highest BCUT2D eigenvalue weighted by Gasteiger charge is 1.96. The molecule has 1 aromatic carbocycles. The summed E-state index contributed by atoms with van der Waals surface area (Å²) in [5.74, 6) is -0.384. The van der Waals surface area contributed by atoms with Crippen molar-refractivity contribution >= 4 is 17.8 Å². The van der Waals surface area contributed by atoms with E-state index < -0.39 is 0 Å². The quantitative estimate of drug-likeness (QED) is 0.544. The van der Waals surface area contributed by atoms with E-state index in [0.29, 0.717) is 17.2 Å². The lowest BCUT2D eigenvalue weighted by atomic mass is 10.2. The third kappa shape index (κ3) is 3.42. The van der Waals surface area contributed by atoms with Gasteiger partial charge in [-0.15, -0.1) is 0 Å². The van der Waals surface area contributed by atoms with Crippen LogP contribution < -0.4 is 0 Å². The molecule has 0 N–H and O–H groups in total. The van der Waals surface area contributed by atoms with Crippen molar-refractivity contribution in [1.82, 2.24) is 0 Å². The van der Waals surface area contributed by atoms with Crippen molar-refractivity contribution < 1.29 is 9.23 Å². The zero-order chi connectivity index (χ0) is 9.68. The summed E-state index contributed by atoms with van der Waals surface area (Å²) < 4.78 is 12.8. The number of hydrogen-bond donors (Lipinski definition) is 0. The zero-order valence-electron chi connectivity index (χ0n) is 7.13. The van der Waals surface area contributed by atoms with Gasteiger partial charge in [0.25, 0.3) is 0 Å². The minimum atomic E-state index is -0.384. The summed E-state index contributed by atoms with van der Waals surface area (Å²) in [6, 6.07) is 4.17. The predicted molar refractivity (Wildman–Crippen MR) is 50.6 cm³/mol. The summed E-state index contributed by atoms with van der Waals surface area (Å²) in [5.41, 5.74) is 0.582. The van der Waals surface area contributed by atoms with Crippen LogP contribution in [0.4, 0.5) is 4.39 Å². The first kappa shape index (κ1) is 9.99. The van der Waals surface area contributed by atoms with Gasteiger partial charge in [0.15, 0.2) is 0 Å². The maximum absolute atomic E-state index is 12.8. The fourth-order valence-electron chi connectivity index (χ4n) is 0.822. The van der Waals surface area contributed by atoms with Gasteiger partial charge in [0.1, 0.15) is 12.4 Å². The van der Waals surface area contributed by atoms with Crippen LogP contribution in [0.5, 0.6) is 0 Å². The zero-order valence-corrected chi connectivity index (χ0v) is 7.88. The maximum atomic E-state index is 12.8. The van der Waals surface area contributed by atoms with Gasteiger partial charge < -0.3 is 4.84 Å². The average molecular weight is 202 g/mol. The first-order valence-electron chi connectivity index (χ1n) is 3.84. The van der Waals surface area contributed by atoms with Crippen molar-refractivity contribution in [1.29, 1.82) is 0 Å². The molecule has 0 aliphatic heterocycles. The molecule has 1 aromatic rings. The average Bonchev–Trinajstić information content (AvgIpc) is 2.03. The molecule has 13 heavy (non-hydrogen) atoms. The van der Waals surface area contributed by atoms with Crippen LogP contribution in [-0.4, -0.2) is 12.8 Å². The minimum Gasteiger partial charge on any atom is -0.396 e. The first-order chi connectivity index (χ1) is 6.22. The number of benzene rings is 1. The van der Waals surface area contributed by atoms with Gasteiger partial charge in [-0.25, -0.2) is 4.39 Å². The molecule has 0 spiro atoms. The Balaban J connectivity index is 2.77. The summed E-state index contributed by atoms with van der Waals surface area (Å²) in [6.07, 6.45) is 1.42. The number of halogens is 2. The second-order valence-electron chi connectivity index (χ2n) is 2.36. The monoisotopic (exact) mass is 201 g/mol. The molecule has 2 nitrogen and oxygen atoms in total. The van der Waals surface area contributed by atoms with Gasteiger partial charge in [0.2, 0.25) is 0 Å². The van der Waals surface area contributed by atoms with Crippen molar-refractivity contribution in [2.45, 2.75) is 6.92 Å². The largest absolute Gasteiger partial charge is 0.396 e. The molecule has 70 valence electrons. The third-order valence-electron chi connectivity index (χ3n) is 1.29. The van der Waals surface area contributed by atoms with E-state index in [1.54, 1.807) is 6.07 Å². The Bertz CT molecular complexity index is 294. The summed E-state index contributed by atoms with van der Waals surface area (Å²) in [5, 5.41) is 3.94. The molecular formula is C9H9ClFNO. The molecule has 0 unspecified atom stereocenters. The Labute approximate surface area is 81.0 Å². The molecule has 0 aromatic heterocycles. The molecular weight excluding hydrogens is 193 g/mol. The molecule has 0 heterocycles. The molecule has 1 rings (SSSR count). The van der Waals surface area contributed by atoms with Crippen molar-refractivity contribution in [2.24, 2.45) is 5.16 Å². The van der Waals surface area contributed by atoms with Gasteiger partial charge in [-0.05, 0) is 25.1 Å². The first-order valence-corrected chi connectivity index (χ1v) is 4.21. The molecule has 0 saturated carbocycles. The molecule has 0 amide bonds. The third-order valence-corrected chi connectivity index (χ3v) is 1.51. The Hall–Kier alpha value is -1.09. The van der Waals surface area contributed by atoms with E-state index >= 15 is 0 Å². The molecule has 0 saturated heterocycles. The minimum absolute atomic E-state index is 0.345. The molecule has 0 bridgehead atoms. The lowest BCUT2D eigenvalue weighted by Crippen LogP contribution is -1.86. The smallest absolute Gasteiger partial charge is 0.125 e. The van der Waals surface area contributed by atoms with E-state index in [0.717, 1.165) is 0 Å². The van der Waals surface area contributed by atoms with Crippen molar-refractivity contribution in [3.63, 3.8) is 0 Å². The Kier molecular flexibility index (Phi) is 3.71. The van der Waals surface area contributed by atoms with E-state index in [9.17, 15) is 4.39 Å². The van der Waals surface area contributed by atoms with Crippen molar-refractivity contribution in [2.75, 3.05) is 6.61 Å². The van der Waals surface area contributed by atoms with E-state index in [1.165, 1.54) is 18.3 Å². The number of rotatable bonds is 3. The van der Waals surface area contributed by atoms with Crippen LogP contribution >= 0.6 is 11.6 Å². The van der Waals surface area contributed by atoms with Crippen molar-refractivity contribution in [3.8, 4) is 0 Å². The Morgan fingerprint density at radius 3 is 2.92 bits per heavy atom. The van der Waals surface area contributed by atoms with Crippen molar-refractivity contribution in [3.05, 3.63) is 34.6 Å². The summed E-state index contributed by atoms with van der Waals surface area (Å²) in [4.78, 5) is 4.72. The van der Waals surface area contributed by atoms with E-state index in [-0.39, 0.29) is 5.82 Å². The predicted octanol–water partition coefficient (Wildman–Crippen LogP) is 2.85. The van der Waals surface area contributed by atoms with Crippen LogP contribution in [-0.2, 0) is 4.84 Å². The molecule has 0 aliphatic rings. The number of nitrogens with zero attached hydrogens (tertiary/aromatic N) is 1. The van der Waals surface area contributed by atoms with Crippen LogP contribution in [0.3, 0.4) is 0 Å². The summed E-state index contributed by atoms with van der Waals surface area (Å²) >= 11 is 5.62. The Morgan fingerprint density at radius 1 is 1.54 bits per heavy atom. The van der Waals surface area contributed by atoms with Crippen LogP contribution in [0.1, 0.15) is 12.5 Å². The SMILES string of the molecule is CCO/N=C/c1cc(F)cc(Cl)c1. The van der Waals surface area contributed by atoms with E-state index in [2.05, 4.69) is 5.16 Å². The molecule has 0 radical (unpaired) electrons. The van der Waals surface area contributed by atoms with Gasteiger partial charge >= 0.3 is 0 Å². The molecule has 4 heteroatoms. The number of hydrogen-bond acceptors (Lipinski definition) is 2. The Morgan fingerprint density at radius 2 is 2.31 bits per heavy atom. The van der Waals surface area contributed by atoms with Crippen LogP contribution in [0, 0.1) is 5.82 Å². The van der Waals surface area contributed by atoms with Gasteiger partial charge in [0.05, 0.1) is 6.21 Å². The van der Waals surface area contributed by atoms with Crippen LogP contribution in [0.15, 0.2) is 23.4 Å². The van der Waals surface area contributed by atoms with E-state index in [1.807, 2.05) is 6.92 Å². The second-order valence-corrected chi connectivity index (χ2v) is 2.79. The fourth-order valence-corrected chi connectivity index (χ4v) is 1.05. The lowest BCUT2D eigenvalue weighted by molar-refractivity contribution is 0.160. The van der Waals surface area contributed by atoms with Gasteiger partial charge in [0, 0.05) is 10.6 Å². The fraction of sp³-hybridized carbons (Fsp3) is 0.222. The standard InChI is InChI=1S/C9H9ClFNO/c1-2-13-12-6-7-3-8(10)5-9(11)4-7/h3-6H,2H2,1H3/b12-6+. The molecule has 0 aliphatic carbocycles. The number of oxime groups is 1. The maximum Gasteiger partial charge on any atom is 0.125 e. The van der Waals surface area contributed by atoms with Gasteiger partial charge in [-0.1, -0.05) is 16.8 Å². The highest BCUT2D eigenvalue weighted by molar-refractivity contribution is 6.30. The van der Waals surface area contributed by atoms with E-state index in [4.69, 9.17) is 16.4 Å². The summed E-state index contributed by atoms with van der Waals surface area (Å²) in [7, 11) is 0. The highest BCUT2D eigenvalue weighted by atomic mass is 35.5. The van der Waals surface area contributed by atoms with Gasteiger partial charge in [-0.3, -0.25) is 0 Å².